The molecule has 0 aliphatic heterocycles. The normalized spacial score (nSPS) is 13.5. The summed E-state index contributed by atoms with van der Waals surface area (Å²) < 4.78 is 10.3. The zero-order valence-electron chi connectivity index (χ0n) is 12.2. The SMILES string of the molecule is COc1cccc(-c2noc(C(C)NC(=O)[C@H](C)N)n2)c1. The van der Waals surface area contributed by atoms with Gasteiger partial charge in [0.05, 0.1) is 13.2 Å². The van der Waals surface area contributed by atoms with E-state index in [4.69, 9.17) is 15.0 Å². The number of ether oxygens (including phenoxy) is 1. The predicted octanol–water partition coefficient (Wildman–Crippen LogP) is 1.27. The molecule has 1 heterocycles. The van der Waals surface area contributed by atoms with Crippen LogP contribution in [-0.2, 0) is 4.79 Å². The van der Waals surface area contributed by atoms with Gasteiger partial charge in [-0.25, -0.2) is 0 Å². The third-order valence-corrected chi connectivity index (χ3v) is 2.91. The molecule has 0 fully saturated rings. The highest BCUT2D eigenvalue weighted by atomic mass is 16.5. The number of hydrogen-bond acceptors (Lipinski definition) is 6. The highest BCUT2D eigenvalue weighted by Gasteiger charge is 2.18. The third-order valence-electron chi connectivity index (χ3n) is 2.91. The Balaban J connectivity index is 2.15. The second-order valence-corrected chi connectivity index (χ2v) is 4.71. The maximum Gasteiger partial charge on any atom is 0.249 e. The van der Waals surface area contributed by atoms with Crippen LogP contribution >= 0.6 is 0 Å². The summed E-state index contributed by atoms with van der Waals surface area (Å²) in [6.45, 7) is 3.36. The van der Waals surface area contributed by atoms with Crippen molar-refractivity contribution in [2.24, 2.45) is 5.73 Å². The molecule has 1 aromatic carbocycles. The Kier molecular flexibility index (Phi) is 4.54. The molecule has 0 bridgehead atoms. The van der Waals surface area contributed by atoms with Crippen LogP contribution in [0.2, 0.25) is 0 Å². The number of nitrogens with one attached hydrogen (secondary N) is 1. The van der Waals surface area contributed by atoms with Crippen LogP contribution in [0.5, 0.6) is 5.75 Å². The average Bonchev–Trinajstić information content (AvgIpc) is 2.97. The highest BCUT2D eigenvalue weighted by molar-refractivity contribution is 5.81. The van der Waals surface area contributed by atoms with E-state index in [1.807, 2.05) is 18.2 Å². The van der Waals surface area contributed by atoms with Crippen molar-refractivity contribution in [3.05, 3.63) is 30.2 Å². The van der Waals surface area contributed by atoms with E-state index in [0.717, 1.165) is 5.56 Å². The van der Waals surface area contributed by atoms with Gasteiger partial charge < -0.3 is 20.3 Å². The number of aromatic nitrogens is 2. The van der Waals surface area contributed by atoms with Crippen LogP contribution < -0.4 is 15.8 Å². The summed E-state index contributed by atoms with van der Waals surface area (Å²) in [6.07, 6.45) is 0. The summed E-state index contributed by atoms with van der Waals surface area (Å²) in [5.74, 6) is 1.19. The molecule has 21 heavy (non-hydrogen) atoms. The minimum atomic E-state index is -0.590. The lowest BCUT2D eigenvalue weighted by Gasteiger charge is -2.11. The maximum atomic E-state index is 11.5. The van der Waals surface area contributed by atoms with Crippen LogP contribution in [0.4, 0.5) is 0 Å². The first-order valence-electron chi connectivity index (χ1n) is 6.55. The molecule has 1 unspecified atom stereocenters. The van der Waals surface area contributed by atoms with Crippen molar-refractivity contribution in [2.45, 2.75) is 25.9 Å². The monoisotopic (exact) mass is 290 g/mol. The third kappa shape index (κ3) is 3.57. The summed E-state index contributed by atoms with van der Waals surface area (Å²) in [5.41, 5.74) is 6.27. The van der Waals surface area contributed by atoms with Gasteiger partial charge in [-0.05, 0) is 26.0 Å². The number of methoxy groups -OCH3 is 1. The summed E-state index contributed by atoms with van der Waals surface area (Å²) in [7, 11) is 1.59. The molecule has 2 aromatic rings. The Labute approximate surface area is 122 Å². The number of amides is 1. The van der Waals surface area contributed by atoms with Crippen LogP contribution in [0.25, 0.3) is 11.4 Å². The average molecular weight is 290 g/mol. The quantitative estimate of drug-likeness (QED) is 0.859. The molecule has 0 aliphatic rings. The summed E-state index contributed by atoms with van der Waals surface area (Å²) in [4.78, 5) is 15.8. The summed E-state index contributed by atoms with van der Waals surface area (Å²) in [6, 6.07) is 6.33. The Morgan fingerprint density at radius 2 is 2.19 bits per heavy atom. The van der Waals surface area contributed by atoms with Crippen molar-refractivity contribution < 1.29 is 14.1 Å². The van der Waals surface area contributed by atoms with Crippen LogP contribution in [0.1, 0.15) is 25.8 Å². The Bertz CT molecular complexity index is 624. The van der Waals surface area contributed by atoms with Gasteiger partial charge in [0, 0.05) is 5.56 Å². The first-order valence-corrected chi connectivity index (χ1v) is 6.55. The Morgan fingerprint density at radius 1 is 1.43 bits per heavy atom. The molecular formula is C14H18N4O3. The fraction of sp³-hybridized carbons (Fsp3) is 0.357. The van der Waals surface area contributed by atoms with E-state index >= 15 is 0 Å². The van der Waals surface area contributed by atoms with E-state index in [9.17, 15) is 4.79 Å². The van der Waals surface area contributed by atoms with Crippen molar-refractivity contribution >= 4 is 5.91 Å². The first kappa shape index (κ1) is 15.0. The van der Waals surface area contributed by atoms with E-state index in [0.29, 0.717) is 17.5 Å². The standard InChI is InChI=1S/C14H18N4O3/c1-8(15)13(19)16-9(2)14-17-12(18-21-14)10-5-4-6-11(7-10)20-3/h4-9H,15H2,1-3H3,(H,16,19)/t8-,9?/m0/s1. The van der Waals surface area contributed by atoms with Crippen LogP contribution in [0.15, 0.2) is 28.8 Å². The van der Waals surface area contributed by atoms with Gasteiger partial charge in [0.25, 0.3) is 0 Å². The van der Waals surface area contributed by atoms with Gasteiger partial charge in [0.15, 0.2) is 0 Å². The van der Waals surface area contributed by atoms with Gasteiger partial charge in [-0.1, -0.05) is 17.3 Å². The van der Waals surface area contributed by atoms with Crippen LogP contribution in [-0.4, -0.2) is 29.2 Å². The van der Waals surface area contributed by atoms with Crippen molar-refractivity contribution in [1.29, 1.82) is 0 Å². The minimum absolute atomic E-state index is 0.274. The molecule has 1 aromatic heterocycles. The van der Waals surface area contributed by atoms with E-state index in [1.165, 1.54) is 0 Å². The van der Waals surface area contributed by atoms with E-state index in [-0.39, 0.29) is 5.91 Å². The van der Waals surface area contributed by atoms with Gasteiger partial charge >= 0.3 is 0 Å². The number of carbonyl (C=O) groups excluding carboxylic acids is 1. The van der Waals surface area contributed by atoms with Gasteiger partial charge in [-0.2, -0.15) is 4.98 Å². The number of carbonyl (C=O) groups is 1. The summed E-state index contributed by atoms with van der Waals surface area (Å²) in [5, 5.41) is 6.61. The lowest BCUT2D eigenvalue weighted by Crippen LogP contribution is -2.39. The molecule has 2 rings (SSSR count). The lowest BCUT2D eigenvalue weighted by atomic mass is 10.2. The van der Waals surface area contributed by atoms with Gasteiger partial charge in [0.1, 0.15) is 11.8 Å². The predicted molar refractivity (Wildman–Crippen MR) is 76.5 cm³/mol. The van der Waals surface area contributed by atoms with Gasteiger partial charge in [-0.3, -0.25) is 4.79 Å². The van der Waals surface area contributed by atoms with Crippen molar-refractivity contribution in [1.82, 2.24) is 15.5 Å². The fourth-order valence-corrected chi connectivity index (χ4v) is 1.70. The Hall–Kier alpha value is -2.41. The molecule has 2 atom stereocenters. The van der Waals surface area contributed by atoms with Gasteiger partial charge in [-0.15, -0.1) is 0 Å². The number of benzene rings is 1. The molecule has 0 saturated carbocycles. The molecule has 0 aliphatic carbocycles. The summed E-state index contributed by atoms with van der Waals surface area (Å²) >= 11 is 0. The van der Waals surface area contributed by atoms with Gasteiger partial charge in [0.2, 0.25) is 17.6 Å². The molecule has 7 nitrogen and oxygen atoms in total. The molecule has 112 valence electrons. The number of nitrogens with zero attached hydrogens (tertiary/aromatic N) is 2. The molecule has 0 saturated heterocycles. The van der Waals surface area contributed by atoms with E-state index < -0.39 is 12.1 Å². The second-order valence-electron chi connectivity index (χ2n) is 4.71. The molecule has 0 spiro atoms. The van der Waals surface area contributed by atoms with E-state index in [1.54, 1.807) is 27.0 Å². The van der Waals surface area contributed by atoms with Crippen LogP contribution in [0.3, 0.4) is 0 Å². The zero-order chi connectivity index (χ0) is 15.4. The smallest absolute Gasteiger partial charge is 0.249 e. The second kappa shape index (κ2) is 6.36. The number of nitrogens with two attached hydrogens (primary N) is 1. The molecule has 3 N–H and O–H groups in total. The number of hydrogen-bond donors (Lipinski definition) is 2. The first-order chi connectivity index (χ1) is 10.0. The van der Waals surface area contributed by atoms with Crippen molar-refractivity contribution in [3.8, 4) is 17.1 Å². The molecule has 7 heteroatoms. The van der Waals surface area contributed by atoms with Crippen molar-refractivity contribution in [2.75, 3.05) is 7.11 Å². The molecular weight excluding hydrogens is 272 g/mol. The van der Waals surface area contributed by atoms with Crippen LogP contribution in [0, 0.1) is 0 Å². The Morgan fingerprint density at radius 3 is 2.86 bits per heavy atom. The maximum absolute atomic E-state index is 11.5. The lowest BCUT2D eigenvalue weighted by molar-refractivity contribution is -0.122. The highest BCUT2D eigenvalue weighted by Crippen LogP contribution is 2.22. The topological polar surface area (TPSA) is 103 Å². The zero-order valence-corrected chi connectivity index (χ0v) is 12.2. The molecule has 0 radical (unpaired) electrons. The number of rotatable bonds is 5. The van der Waals surface area contributed by atoms with E-state index in [2.05, 4.69) is 15.5 Å². The largest absolute Gasteiger partial charge is 0.497 e. The minimum Gasteiger partial charge on any atom is -0.497 e. The molecule has 1 amide bonds. The van der Waals surface area contributed by atoms with Crippen molar-refractivity contribution in [3.63, 3.8) is 0 Å². The fourth-order valence-electron chi connectivity index (χ4n) is 1.70.